The molecule has 2 N–H and O–H groups in total. The van der Waals surface area contributed by atoms with Crippen molar-refractivity contribution in [3.05, 3.63) is 17.6 Å². The highest BCUT2D eigenvalue weighted by molar-refractivity contribution is 7.89. The standard InChI is InChI=1S/C12H20N2O4S/c1-4-5-6-7-14(3)12(15)10-8-11(9(2)18-10)19(13,16)17/h8H,4-7H2,1-3H3,(H2,13,16,17). The Labute approximate surface area is 113 Å². The predicted molar refractivity (Wildman–Crippen MR) is 71.3 cm³/mol. The first-order valence-corrected chi connectivity index (χ1v) is 7.70. The van der Waals surface area contributed by atoms with Gasteiger partial charge in [0.15, 0.2) is 5.76 Å². The van der Waals surface area contributed by atoms with Crippen molar-refractivity contribution in [2.24, 2.45) is 5.14 Å². The smallest absolute Gasteiger partial charge is 0.289 e. The number of unbranched alkanes of at least 4 members (excludes halogenated alkanes) is 2. The Kier molecular flexibility index (Phi) is 5.13. The zero-order valence-electron chi connectivity index (χ0n) is 11.5. The minimum absolute atomic E-state index is 0.000485. The summed E-state index contributed by atoms with van der Waals surface area (Å²) in [4.78, 5) is 13.4. The lowest BCUT2D eigenvalue weighted by molar-refractivity contribution is 0.0760. The number of amides is 1. The van der Waals surface area contributed by atoms with E-state index in [1.807, 2.05) is 0 Å². The van der Waals surface area contributed by atoms with Gasteiger partial charge in [0.2, 0.25) is 10.0 Å². The van der Waals surface area contributed by atoms with Crippen molar-refractivity contribution in [2.75, 3.05) is 13.6 Å². The van der Waals surface area contributed by atoms with Gasteiger partial charge in [-0.15, -0.1) is 0 Å². The van der Waals surface area contributed by atoms with E-state index < -0.39 is 10.0 Å². The largest absolute Gasteiger partial charge is 0.455 e. The molecular formula is C12H20N2O4S. The fraction of sp³-hybridized carbons (Fsp3) is 0.583. The zero-order chi connectivity index (χ0) is 14.6. The molecule has 0 radical (unpaired) electrons. The van der Waals surface area contributed by atoms with E-state index >= 15 is 0 Å². The normalized spacial score (nSPS) is 11.6. The van der Waals surface area contributed by atoms with Gasteiger partial charge in [-0.2, -0.15) is 0 Å². The summed E-state index contributed by atoms with van der Waals surface area (Å²) in [5.74, 6) is -0.206. The minimum Gasteiger partial charge on any atom is -0.455 e. The second kappa shape index (κ2) is 6.21. The summed E-state index contributed by atoms with van der Waals surface area (Å²) >= 11 is 0. The van der Waals surface area contributed by atoms with Crippen molar-refractivity contribution >= 4 is 15.9 Å². The molecule has 0 atom stereocenters. The molecule has 7 heteroatoms. The molecule has 0 unspecified atom stereocenters. The maximum absolute atomic E-state index is 12.0. The monoisotopic (exact) mass is 288 g/mol. The van der Waals surface area contributed by atoms with Crippen LogP contribution in [0.25, 0.3) is 0 Å². The first-order chi connectivity index (χ1) is 8.77. The van der Waals surface area contributed by atoms with Crippen molar-refractivity contribution < 1.29 is 17.6 Å². The van der Waals surface area contributed by atoms with Crippen LogP contribution in [0.5, 0.6) is 0 Å². The first kappa shape index (κ1) is 15.7. The molecule has 0 aliphatic rings. The van der Waals surface area contributed by atoms with E-state index in [1.165, 1.54) is 17.9 Å². The lowest BCUT2D eigenvalue weighted by atomic mass is 10.2. The molecule has 0 aliphatic heterocycles. The topological polar surface area (TPSA) is 93.6 Å². The van der Waals surface area contributed by atoms with Gasteiger partial charge in [-0.3, -0.25) is 4.79 Å². The molecular weight excluding hydrogens is 268 g/mol. The molecule has 0 fully saturated rings. The number of rotatable bonds is 6. The molecule has 1 amide bonds. The van der Waals surface area contributed by atoms with Crippen LogP contribution in [0.2, 0.25) is 0 Å². The van der Waals surface area contributed by atoms with Crippen molar-refractivity contribution in [1.82, 2.24) is 4.90 Å². The minimum atomic E-state index is -3.86. The third kappa shape index (κ3) is 4.07. The summed E-state index contributed by atoms with van der Waals surface area (Å²) in [5.41, 5.74) is 0. The SMILES string of the molecule is CCCCCN(C)C(=O)c1cc(S(N)(=O)=O)c(C)o1. The maximum atomic E-state index is 12.0. The van der Waals surface area contributed by atoms with E-state index in [0.29, 0.717) is 6.54 Å². The van der Waals surface area contributed by atoms with Crippen molar-refractivity contribution in [3.8, 4) is 0 Å². The van der Waals surface area contributed by atoms with E-state index in [2.05, 4.69) is 6.92 Å². The van der Waals surface area contributed by atoms with E-state index in [9.17, 15) is 13.2 Å². The van der Waals surface area contributed by atoms with Crippen LogP contribution in [0.1, 0.15) is 42.5 Å². The number of primary sulfonamides is 1. The Morgan fingerprint density at radius 3 is 2.53 bits per heavy atom. The number of nitrogens with two attached hydrogens (primary N) is 1. The van der Waals surface area contributed by atoms with Crippen molar-refractivity contribution in [2.45, 2.75) is 38.0 Å². The molecule has 1 rings (SSSR count). The van der Waals surface area contributed by atoms with E-state index in [0.717, 1.165) is 19.3 Å². The van der Waals surface area contributed by atoms with Gasteiger partial charge in [0.25, 0.3) is 5.91 Å². The van der Waals surface area contributed by atoms with Crippen molar-refractivity contribution in [1.29, 1.82) is 0 Å². The molecule has 0 bridgehead atoms. The second-order valence-corrected chi connectivity index (χ2v) is 6.04. The van der Waals surface area contributed by atoms with Gasteiger partial charge in [0.1, 0.15) is 10.7 Å². The van der Waals surface area contributed by atoms with Gasteiger partial charge < -0.3 is 9.32 Å². The molecule has 19 heavy (non-hydrogen) atoms. The summed E-state index contributed by atoms with van der Waals surface area (Å²) < 4.78 is 27.7. The summed E-state index contributed by atoms with van der Waals surface area (Å²) in [6.45, 7) is 4.15. The molecule has 6 nitrogen and oxygen atoms in total. The predicted octanol–water partition coefficient (Wildman–Crippen LogP) is 1.50. The highest BCUT2D eigenvalue weighted by Gasteiger charge is 2.22. The number of aryl methyl sites for hydroxylation is 1. The molecule has 0 saturated carbocycles. The molecule has 0 saturated heterocycles. The average molecular weight is 288 g/mol. The first-order valence-electron chi connectivity index (χ1n) is 6.16. The van der Waals surface area contributed by atoms with Gasteiger partial charge in [0, 0.05) is 19.7 Å². The third-order valence-corrected chi connectivity index (χ3v) is 3.85. The van der Waals surface area contributed by atoms with Crippen molar-refractivity contribution in [3.63, 3.8) is 0 Å². The number of carbonyl (C=O) groups is 1. The highest BCUT2D eigenvalue weighted by atomic mass is 32.2. The zero-order valence-corrected chi connectivity index (χ0v) is 12.3. The molecule has 0 spiro atoms. The third-order valence-electron chi connectivity index (χ3n) is 2.83. The fourth-order valence-corrected chi connectivity index (χ4v) is 2.46. The molecule has 1 aromatic rings. The second-order valence-electron chi connectivity index (χ2n) is 4.51. The number of carbonyl (C=O) groups excluding carboxylic acids is 1. The van der Waals surface area contributed by atoms with Crippen LogP contribution in [0.4, 0.5) is 0 Å². The van der Waals surface area contributed by atoms with E-state index in [4.69, 9.17) is 9.56 Å². The van der Waals surface area contributed by atoms with Crippen LogP contribution >= 0.6 is 0 Å². The number of furan rings is 1. The summed E-state index contributed by atoms with van der Waals surface area (Å²) in [6, 6.07) is 1.18. The Morgan fingerprint density at radius 2 is 2.05 bits per heavy atom. The number of nitrogens with zero attached hydrogens (tertiary/aromatic N) is 1. The van der Waals surface area contributed by atoms with Gasteiger partial charge in [-0.1, -0.05) is 19.8 Å². The summed E-state index contributed by atoms with van der Waals surface area (Å²) in [5, 5.41) is 5.03. The van der Waals surface area contributed by atoms with Crippen LogP contribution in [-0.4, -0.2) is 32.8 Å². The Balaban J connectivity index is 2.84. The van der Waals surface area contributed by atoms with Gasteiger partial charge in [0.05, 0.1) is 0 Å². The van der Waals surface area contributed by atoms with Gasteiger partial charge in [-0.05, 0) is 13.3 Å². The average Bonchev–Trinajstić information content (AvgIpc) is 2.70. The van der Waals surface area contributed by atoms with Gasteiger partial charge in [-0.25, -0.2) is 13.6 Å². The van der Waals surface area contributed by atoms with Gasteiger partial charge >= 0.3 is 0 Å². The van der Waals surface area contributed by atoms with Crippen LogP contribution < -0.4 is 5.14 Å². The van der Waals surface area contributed by atoms with Crippen LogP contribution in [0.3, 0.4) is 0 Å². The molecule has 0 aromatic carbocycles. The molecule has 0 aliphatic carbocycles. The summed E-state index contributed by atoms with van der Waals surface area (Å²) in [7, 11) is -2.20. The molecule has 108 valence electrons. The number of sulfonamides is 1. The van der Waals surface area contributed by atoms with Crippen LogP contribution in [-0.2, 0) is 10.0 Å². The molecule has 1 aromatic heterocycles. The maximum Gasteiger partial charge on any atom is 0.289 e. The highest BCUT2D eigenvalue weighted by Crippen LogP contribution is 2.19. The number of hydrogen-bond acceptors (Lipinski definition) is 4. The van der Waals surface area contributed by atoms with Crippen LogP contribution in [0, 0.1) is 6.92 Å². The van der Waals surface area contributed by atoms with E-state index in [1.54, 1.807) is 7.05 Å². The summed E-state index contributed by atoms with van der Waals surface area (Å²) in [6.07, 6.45) is 3.01. The van der Waals surface area contributed by atoms with Crippen LogP contribution in [0.15, 0.2) is 15.4 Å². The quantitative estimate of drug-likeness (QED) is 0.803. The lowest BCUT2D eigenvalue weighted by Crippen LogP contribution is -2.27. The fourth-order valence-electron chi connectivity index (χ4n) is 1.74. The molecule has 1 heterocycles. The number of hydrogen-bond donors (Lipinski definition) is 1. The van der Waals surface area contributed by atoms with E-state index in [-0.39, 0.29) is 22.3 Å². The Morgan fingerprint density at radius 1 is 1.42 bits per heavy atom. The Bertz CT molecular complexity index is 548. The lowest BCUT2D eigenvalue weighted by Gasteiger charge is -2.15. The Hall–Kier alpha value is -1.34.